The van der Waals surface area contributed by atoms with Crippen LogP contribution < -0.4 is 19.6 Å². The Morgan fingerprint density at radius 2 is 1.71 bits per heavy atom. The van der Waals surface area contributed by atoms with Gasteiger partial charge in [0.2, 0.25) is 10.0 Å². The average Bonchev–Trinajstić information content (AvgIpc) is 2.84. The topological polar surface area (TPSA) is 123 Å². The van der Waals surface area contributed by atoms with E-state index in [0.29, 0.717) is 5.56 Å². The highest BCUT2D eigenvalue weighted by Crippen LogP contribution is 2.29. The van der Waals surface area contributed by atoms with Crippen molar-refractivity contribution in [1.82, 2.24) is 10.1 Å². The molecule has 0 aromatic heterocycles. The molecule has 0 saturated carbocycles. The summed E-state index contributed by atoms with van der Waals surface area (Å²) >= 11 is 6.02. The van der Waals surface area contributed by atoms with Crippen LogP contribution in [0.25, 0.3) is 0 Å². The number of nitrogens with one attached hydrogen (secondary N) is 2. The number of carbonyl (C=O) groups excluding carboxylic acids is 2. The molecule has 2 N–H and O–H groups in total. The molecule has 0 bridgehead atoms. The van der Waals surface area contributed by atoms with E-state index < -0.39 is 28.4 Å². The third-order valence-corrected chi connectivity index (χ3v) is 6.11. The minimum Gasteiger partial charge on any atom is -0.493 e. The van der Waals surface area contributed by atoms with Crippen molar-refractivity contribution in [3.8, 4) is 11.5 Å². The summed E-state index contributed by atoms with van der Waals surface area (Å²) in [7, 11) is -2.40. The molecule has 0 unspecified atom stereocenters. The molecule has 11 heteroatoms. The number of hydrazone groups is 1. The molecule has 34 heavy (non-hydrogen) atoms. The van der Waals surface area contributed by atoms with Gasteiger partial charge in [-0.1, -0.05) is 41.9 Å². The number of methoxy groups -OCH3 is 1. The molecule has 0 spiro atoms. The highest BCUT2D eigenvalue weighted by atomic mass is 35.5. The van der Waals surface area contributed by atoms with Gasteiger partial charge in [0.05, 0.1) is 35.4 Å². The second kappa shape index (κ2) is 11.4. The lowest BCUT2D eigenvalue weighted by molar-refractivity contribution is -0.119. The quantitative estimate of drug-likeness (QED) is 0.201. The van der Waals surface area contributed by atoms with E-state index in [-0.39, 0.29) is 27.0 Å². The second-order valence-corrected chi connectivity index (χ2v) is 8.88. The standard InChI is InChI=1S/C23H20ClN3O6S/c1-32-21-13-16(11-12-20(21)33-23(29)18-9-5-6-10-19(18)24)14-25-27-22(28)15-26-34(30,31)17-7-3-2-4-8-17/h2-14,26H,15H2,1H3,(H,27,28). The fourth-order valence-electron chi connectivity index (χ4n) is 2.69. The Morgan fingerprint density at radius 3 is 2.41 bits per heavy atom. The first-order valence-electron chi connectivity index (χ1n) is 9.81. The van der Waals surface area contributed by atoms with E-state index in [1.807, 2.05) is 0 Å². The van der Waals surface area contributed by atoms with E-state index in [1.165, 1.54) is 31.5 Å². The number of esters is 1. The molecule has 0 heterocycles. The maximum atomic E-state index is 12.4. The number of carbonyl (C=O) groups is 2. The number of hydrogen-bond donors (Lipinski definition) is 2. The molecule has 9 nitrogen and oxygen atoms in total. The normalized spacial score (nSPS) is 11.2. The van der Waals surface area contributed by atoms with Gasteiger partial charge in [0.25, 0.3) is 5.91 Å². The van der Waals surface area contributed by atoms with E-state index in [4.69, 9.17) is 21.1 Å². The van der Waals surface area contributed by atoms with Gasteiger partial charge in [-0.25, -0.2) is 23.4 Å². The lowest BCUT2D eigenvalue weighted by Gasteiger charge is -2.10. The van der Waals surface area contributed by atoms with Crippen LogP contribution in [0.2, 0.25) is 5.02 Å². The Morgan fingerprint density at radius 1 is 1.00 bits per heavy atom. The molecule has 3 rings (SSSR count). The van der Waals surface area contributed by atoms with E-state index in [1.54, 1.807) is 54.6 Å². The van der Waals surface area contributed by atoms with Gasteiger partial charge in [-0.2, -0.15) is 5.10 Å². The Kier molecular flexibility index (Phi) is 8.36. The largest absolute Gasteiger partial charge is 0.493 e. The summed E-state index contributed by atoms with van der Waals surface area (Å²) in [4.78, 5) is 24.3. The molecule has 0 fully saturated rings. The third kappa shape index (κ3) is 6.64. The molecule has 3 aromatic carbocycles. The van der Waals surface area contributed by atoms with Gasteiger partial charge in [0.15, 0.2) is 11.5 Å². The van der Waals surface area contributed by atoms with Crippen LogP contribution in [0.5, 0.6) is 11.5 Å². The predicted molar refractivity (Wildman–Crippen MR) is 127 cm³/mol. The number of nitrogens with zero attached hydrogens (tertiary/aromatic N) is 1. The number of ether oxygens (including phenoxy) is 2. The van der Waals surface area contributed by atoms with Gasteiger partial charge in [0, 0.05) is 0 Å². The zero-order valence-electron chi connectivity index (χ0n) is 17.9. The fraction of sp³-hybridized carbons (Fsp3) is 0.0870. The van der Waals surface area contributed by atoms with E-state index in [2.05, 4.69) is 15.2 Å². The van der Waals surface area contributed by atoms with Crippen molar-refractivity contribution in [2.75, 3.05) is 13.7 Å². The van der Waals surface area contributed by atoms with Gasteiger partial charge in [-0.3, -0.25) is 4.79 Å². The van der Waals surface area contributed by atoms with Gasteiger partial charge in [0.1, 0.15) is 0 Å². The maximum absolute atomic E-state index is 12.4. The summed E-state index contributed by atoms with van der Waals surface area (Å²) in [6, 6.07) is 18.8. The second-order valence-electron chi connectivity index (χ2n) is 6.71. The summed E-state index contributed by atoms with van der Waals surface area (Å²) in [6.45, 7) is -0.491. The number of benzene rings is 3. The first kappa shape index (κ1) is 24.9. The molecular formula is C23H20ClN3O6S. The van der Waals surface area contributed by atoms with Crippen LogP contribution in [0.3, 0.4) is 0 Å². The summed E-state index contributed by atoms with van der Waals surface area (Å²) in [5.41, 5.74) is 2.97. The number of hydrogen-bond acceptors (Lipinski definition) is 7. The van der Waals surface area contributed by atoms with Crippen LogP contribution >= 0.6 is 11.6 Å². The lowest BCUT2D eigenvalue weighted by Crippen LogP contribution is -2.34. The van der Waals surface area contributed by atoms with Crippen LogP contribution in [0.1, 0.15) is 15.9 Å². The van der Waals surface area contributed by atoms with Crippen molar-refractivity contribution in [1.29, 1.82) is 0 Å². The smallest absolute Gasteiger partial charge is 0.345 e. The Hall–Kier alpha value is -3.73. The molecular weight excluding hydrogens is 482 g/mol. The van der Waals surface area contributed by atoms with Crippen LogP contribution in [0.4, 0.5) is 0 Å². The zero-order valence-corrected chi connectivity index (χ0v) is 19.5. The highest BCUT2D eigenvalue weighted by molar-refractivity contribution is 7.89. The predicted octanol–water partition coefficient (Wildman–Crippen LogP) is 3.00. The van der Waals surface area contributed by atoms with Crippen molar-refractivity contribution in [3.05, 3.63) is 88.9 Å². The Labute approximate surface area is 201 Å². The highest BCUT2D eigenvalue weighted by Gasteiger charge is 2.16. The Bertz CT molecular complexity index is 1310. The number of amides is 1. The van der Waals surface area contributed by atoms with Crippen molar-refractivity contribution in [3.63, 3.8) is 0 Å². The van der Waals surface area contributed by atoms with Crippen LogP contribution in [-0.4, -0.2) is 40.2 Å². The summed E-state index contributed by atoms with van der Waals surface area (Å²) in [6.07, 6.45) is 1.33. The van der Waals surface area contributed by atoms with Gasteiger partial charge in [-0.05, 0) is 48.0 Å². The van der Waals surface area contributed by atoms with Crippen LogP contribution in [0.15, 0.2) is 82.8 Å². The van der Waals surface area contributed by atoms with E-state index in [9.17, 15) is 18.0 Å². The van der Waals surface area contributed by atoms with Crippen molar-refractivity contribution >= 4 is 39.7 Å². The van der Waals surface area contributed by atoms with Crippen molar-refractivity contribution in [2.45, 2.75) is 4.90 Å². The van der Waals surface area contributed by atoms with Crippen molar-refractivity contribution < 1.29 is 27.5 Å². The molecule has 0 aliphatic carbocycles. The SMILES string of the molecule is COc1cc(C=NNC(=O)CNS(=O)(=O)c2ccccc2)ccc1OC(=O)c1ccccc1Cl. The fourth-order valence-corrected chi connectivity index (χ4v) is 3.91. The Balaban J connectivity index is 1.58. The molecule has 0 aliphatic rings. The summed E-state index contributed by atoms with van der Waals surface area (Å²) in [5, 5.41) is 4.06. The lowest BCUT2D eigenvalue weighted by atomic mass is 10.2. The molecule has 0 atom stereocenters. The monoisotopic (exact) mass is 501 g/mol. The zero-order chi connectivity index (χ0) is 24.6. The van der Waals surface area contributed by atoms with Gasteiger partial charge < -0.3 is 9.47 Å². The number of rotatable bonds is 9. The third-order valence-electron chi connectivity index (χ3n) is 4.36. The minimum atomic E-state index is -3.81. The molecule has 0 aliphatic heterocycles. The molecule has 1 amide bonds. The molecule has 0 radical (unpaired) electrons. The summed E-state index contributed by atoms with van der Waals surface area (Å²) in [5.74, 6) is -0.876. The average molecular weight is 502 g/mol. The van der Waals surface area contributed by atoms with Gasteiger partial charge in [-0.15, -0.1) is 0 Å². The summed E-state index contributed by atoms with van der Waals surface area (Å²) < 4.78 is 37.1. The van der Waals surface area contributed by atoms with Crippen LogP contribution in [-0.2, 0) is 14.8 Å². The van der Waals surface area contributed by atoms with Crippen molar-refractivity contribution in [2.24, 2.45) is 5.10 Å². The minimum absolute atomic E-state index is 0.0497. The number of sulfonamides is 1. The van der Waals surface area contributed by atoms with Gasteiger partial charge >= 0.3 is 5.97 Å². The first-order valence-corrected chi connectivity index (χ1v) is 11.7. The maximum Gasteiger partial charge on any atom is 0.345 e. The van der Waals surface area contributed by atoms with E-state index >= 15 is 0 Å². The molecule has 0 saturated heterocycles. The number of halogens is 1. The first-order chi connectivity index (χ1) is 16.3. The molecule has 176 valence electrons. The molecule has 3 aromatic rings. The van der Waals surface area contributed by atoms with Crippen LogP contribution in [0, 0.1) is 0 Å². The van der Waals surface area contributed by atoms with E-state index in [0.717, 1.165) is 0 Å².